The molecule has 4 heteroatoms. The number of hydrogen-bond donors (Lipinski definition) is 2. The van der Waals surface area contributed by atoms with Crippen LogP contribution in [-0.4, -0.2) is 50.6 Å². The van der Waals surface area contributed by atoms with Gasteiger partial charge in [0.1, 0.15) is 0 Å². The Labute approximate surface area is 110 Å². The number of hydrogen-bond acceptors (Lipinski definition) is 3. The number of nitrogens with zero attached hydrogens (tertiary/aromatic N) is 1. The van der Waals surface area contributed by atoms with Gasteiger partial charge in [-0.15, -0.1) is 0 Å². The molecule has 4 nitrogen and oxygen atoms in total. The van der Waals surface area contributed by atoms with Gasteiger partial charge in [0.25, 0.3) is 0 Å². The maximum Gasteiger partial charge on any atom is 0.227 e. The zero-order valence-corrected chi connectivity index (χ0v) is 11.8. The van der Waals surface area contributed by atoms with E-state index in [9.17, 15) is 4.79 Å². The number of carbonyl (C=O) groups is 1. The highest BCUT2D eigenvalue weighted by Gasteiger charge is 2.39. The molecule has 0 spiro atoms. The van der Waals surface area contributed by atoms with E-state index in [1.807, 2.05) is 0 Å². The molecule has 0 aromatic heterocycles. The predicted molar refractivity (Wildman–Crippen MR) is 73.4 cm³/mol. The van der Waals surface area contributed by atoms with Crippen LogP contribution in [0.4, 0.5) is 0 Å². The van der Waals surface area contributed by atoms with E-state index in [2.05, 4.69) is 29.5 Å². The van der Waals surface area contributed by atoms with Gasteiger partial charge in [-0.05, 0) is 58.3 Å². The Hall–Kier alpha value is -0.610. The maximum absolute atomic E-state index is 12.3. The van der Waals surface area contributed by atoms with Crippen LogP contribution in [-0.2, 0) is 4.79 Å². The molecule has 2 fully saturated rings. The van der Waals surface area contributed by atoms with Crippen LogP contribution in [0.2, 0.25) is 0 Å². The maximum atomic E-state index is 12.3. The number of carbonyl (C=O) groups excluding carboxylic acids is 1. The Morgan fingerprint density at radius 1 is 1.44 bits per heavy atom. The first-order valence-electron chi connectivity index (χ1n) is 7.34. The molecule has 0 bridgehead atoms. The second-order valence-electron chi connectivity index (χ2n) is 6.02. The first kappa shape index (κ1) is 13.8. The van der Waals surface area contributed by atoms with Gasteiger partial charge in [-0.1, -0.05) is 6.92 Å². The predicted octanol–water partition coefficient (Wildman–Crippen LogP) is 0.834. The molecule has 0 aromatic rings. The van der Waals surface area contributed by atoms with Gasteiger partial charge in [0.05, 0.1) is 5.41 Å². The average molecular weight is 253 g/mol. The molecule has 1 atom stereocenters. The lowest BCUT2D eigenvalue weighted by Gasteiger charge is -2.31. The molecule has 0 radical (unpaired) electrons. The Kier molecular flexibility index (Phi) is 4.62. The number of likely N-dealkylation sites (tertiary alicyclic amines) is 1. The summed E-state index contributed by atoms with van der Waals surface area (Å²) in [6, 6.07) is 0. The monoisotopic (exact) mass is 253 g/mol. The number of amides is 1. The van der Waals surface area contributed by atoms with E-state index < -0.39 is 0 Å². The molecular formula is C14H27N3O. The van der Waals surface area contributed by atoms with Gasteiger partial charge < -0.3 is 15.5 Å². The fourth-order valence-corrected chi connectivity index (χ4v) is 3.09. The summed E-state index contributed by atoms with van der Waals surface area (Å²) in [4.78, 5) is 14.7. The van der Waals surface area contributed by atoms with Gasteiger partial charge in [0.15, 0.2) is 0 Å². The third-order valence-corrected chi connectivity index (χ3v) is 4.79. The van der Waals surface area contributed by atoms with Gasteiger partial charge in [-0.3, -0.25) is 4.79 Å². The highest BCUT2D eigenvalue weighted by molar-refractivity contribution is 5.83. The van der Waals surface area contributed by atoms with Crippen molar-refractivity contribution < 1.29 is 4.79 Å². The van der Waals surface area contributed by atoms with Crippen molar-refractivity contribution in [3.63, 3.8) is 0 Å². The van der Waals surface area contributed by atoms with E-state index in [0.29, 0.717) is 5.92 Å². The minimum Gasteiger partial charge on any atom is -0.355 e. The van der Waals surface area contributed by atoms with Crippen molar-refractivity contribution in [2.45, 2.75) is 32.6 Å². The molecule has 104 valence electrons. The van der Waals surface area contributed by atoms with Gasteiger partial charge in [-0.25, -0.2) is 0 Å². The topological polar surface area (TPSA) is 44.4 Å². The third kappa shape index (κ3) is 3.04. The molecule has 2 rings (SSSR count). The zero-order chi connectivity index (χ0) is 13.0. The summed E-state index contributed by atoms with van der Waals surface area (Å²) in [5.41, 5.74) is -0.133. The van der Waals surface area contributed by atoms with Gasteiger partial charge in [0, 0.05) is 13.1 Å². The highest BCUT2D eigenvalue weighted by Crippen LogP contribution is 2.29. The van der Waals surface area contributed by atoms with E-state index in [1.54, 1.807) is 0 Å². The van der Waals surface area contributed by atoms with Crippen molar-refractivity contribution in [2.24, 2.45) is 11.3 Å². The van der Waals surface area contributed by atoms with Gasteiger partial charge >= 0.3 is 0 Å². The second-order valence-corrected chi connectivity index (χ2v) is 6.02. The lowest BCUT2D eigenvalue weighted by molar-refractivity contribution is -0.130. The number of rotatable bonds is 4. The Balaban J connectivity index is 1.77. The molecule has 18 heavy (non-hydrogen) atoms. The normalized spacial score (nSPS) is 30.6. The van der Waals surface area contributed by atoms with Crippen molar-refractivity contribution in [1.29, 1.82) is 0 Å². The fourth-order valence-electron chi connectivity index (χ4n) is 3.09. The van der Waals surface area contributed by atoms with Crippen molar-refractivity contribution in [1.82, 2.24) is 15.5 Å². The van der Waals surface area contributed by atoms with Gasteiger partial charge in [0.2, 0.25) is 5.91 Å². The third-order valence-electron chi connectivity index (χ3n) is 4.79. The van der Waals surface area contributed by atoms with E-state index in [0.717, 1.165) is 32.5 Å². The largest absolute Gasteiger partial charge is 0.355 e. The van der Waals surface area contributed by atoms with Crippen LogP contribution in [0.1, 0.15) is 32.6 Å². The summed E-state index contributed by atoms with van der Waals surface area (Å²) in [5.74, 6) is 0.947. The molecule has 2 aliphatic heterocycles. The van der Waals surface area contributed by atoms with E-state index in [1.165, 1.54) is 25.9 Å². The minimum absolute atomic E-state index is 0.133. The van der Waals surface area contributed by atoms with Crippen LogP contribution in [0, 0.1) is 11.3 Å². The first-order chi connectivity index (χ1) is 8.66. The quantitative estimate of drug-likeness (QED) is 0.780. The van der Waals surface area contributed by atoms with Crippen LogP contribution in [0.25, 0.3) is 0 Å². The summed E-state index contributed by atoms with van der Waals surface area (Å²) >= 11 is 0. The average Bonchev–Trinajstić information content (AvgIpc) is 2.88. The number of nitrogens with one attached hydrogen (secondary N) is 2. The molecule has 1 unspecified atom stereocenters. The van der Waals surface area contributed by atoms with E-state index >= 15 is 0 Å². The van der Waals surface area contributed by atoms with Gasteiger partial charge in [-0.2, -0.15) is 0 Å². The molecule has 0 aliphatic carbocycles. The second kappa shape index (κ2) is 6.02. The SMILES string of the molecule is CCC1(C(=O)NCC2CCN(C)CC2)CCNC1. The lowest BCUT2D eigenvalue weighted by atomic mass is 9.83. The highest BCUT2D eigenvalue weighted by atomic mass is 16.2. The molecule has 2 saturated heterocycles. The molecule has 0 aromatic carbocycles. The number of piperidine rings is 1. The molecule has 1 amide bonds. The standard InChI is InChI=1S/C14H27N3O/c1-3-14(6-7-15-11-14)13(18)16-10-12-4-8-17(2)9-5-12/h12,15H,3-11H2,1-2H3,(H,16,18). The van der Waals surface area contributed by atoms with Crippen LogP contribution >= 0.6 is 0 Å². The molecule has 2 N–H and O–H groups in total. The summed E-state index contributed by atoms with van der Waals surface area (Å²) in [6.07, 6.45) is 4.37. The molecule has 0 saturated carbocycles. The fraction of sp³-hybridized carbons (Fsp3) is 0.929. The van der Waals surface area contributed by atoms with Crippen molar-refractivity contribution in [2.75, 3.05) is 39.8 Å². The van der Waals surface area contributed by atoms with Crippen molar-refractivity contribution in [3.8, 4) is 0 Å². The van der Waals surface area contributed by atoms with Crippen LogP contribution in [0.5, 0.6) is 0 Å². The minimum atomic E-state index is -0.133. The summed E-state index contributed by atoms with van der Waals surface area (Å²) in [7, 11) is 2.17. The summed E-state index contributed by atoms with van der Waals surface area (Å²) in [6.45, 7) is 7.16. The Morgan fingerprint density at radius 2 is 2.17 bits per heavy atom. The smallest absolute Gasteiger partial charge is 0.227 e. The molecule has 2 heterocycles. The van der Waals surface area contributed by atoms with E-state index in [-0.39, 0.29) is 11.3 Å². The van der Waals surface area contributed by atoms with Crippen molar-refractivity contribution >= 4 is 5.91 Å². The van der Waals surface area contributed by atoms with Crippen LogP contribution in [0.3, 0.4) is 0 Å². The van der Waals surface area contributed by atoms with Crippen molar-refractivity contribution in [3.05, 3.63) is 0 Å². The Bertz CT molecular complexity index is 279. The Morgan fingerprint density at radius 3 is 2.72 bits per heavy atom. The lowest BCUT2D eigenvalue weighted by Crippen LogP contribution is -2.45. The van der Waals surface area contributed by atoms with Crippen LogP contribution < -0.4 is 10.6 Å². The van der Waals surface area contributed by atoms with E-state index in [4.69, 9.17) is 0 Å². The first-order valence-corrected chi connectivity index (χ1v) is 7.34. The zero-order valence-electron chi connectivity index (χ0n) is 11.8. The molecular weight excluding hydrogens is 226 g/mol. The summed E-state index contributed by atoms with van der Waals surface area (Å²) < 4.78 is 0. The molecule has 2 aliphatic rings. The summed E-state index contributed by atoms with van der Waals surface area (Å²) in [5, 5.41) is 6.52. The van der Waals surface area contributed by atoms with Crippen LogP contribution in [0.15, 0.2) is 0 Å².